The molecule has 5 heterocycles. The van der Waals surface area contributed by atoms with Crippen LogP contribution >= 0.6 is 0 Å². The number of carbonyl (C=O) groups is 1. The smallest absolute Gasteiger partial charge is 0.241 e. The number of amides is 1. The number of likely N-dealkylation sites (N-methyl/N-ethyl adjacent to an activating group) is 1. The second kappa shape index (κ2) is 7.18. The van der Waals surface area contributed by atoms with E-state index in [1.165, 1.54) is 12.3 Å². The Balaban J connectivity index is 1.56. The molecule has 1 saturated heterocycles. The molecule has 0 N–H and O–H groups in total. The molecular weight excluding hydrogens is 385 g/mol. The molecule has 8 nitrogen and oxygen atoms in total. The Labute approximate surface area is 171 Å². The van der Waals surface area contributed by atoms with E-state index in [-0.39, 0.29) is 5.91 Å². The molecule has 0 unspecified atom stereocenters. The summed E-state index contributed by atoms with van der Waals surface area (Å²) in [6.07, 6.45) is 6.59. The van der Waals surface area contributed by atoms with Gasteiger partial charge in [0.15, 0.2) is 0 Å². The van der Waals surface area contributed by atoms with Gasteiger partial charge in [0.25, 0.3) is 0 Å². The summed E-state index contributed by atoms with van der Waals surface area (Å²) in [5, 5.41) is 0. The first-order chi connectivity index (χ1) is 14.6. The molecule has 1 aliphatic heterocycles. The van der Waals surface area contributed by atoms with Crippen molar-refractivity contribution in [2.75, 3.05) is 31.6 Å². The number of hydrogen-bond donors (Lipinski definition) is 0. The lowest BCUT2D eigenvalue weighted by Gasteiger charge is -2.32. The zero-order valence-electron chi connectivity index (χ0n) is 16.2. The lowest BCUT2D eigenvalue weighted by atomic mass is 10.2. The van der Waals surface area contributed by atoms with Crippen LogP contribution in [0.2, 0.25) is 0 Å². The molecular formula is C21H18FN7O. The van der Waals surface area contributed by atoms with Crippen LogP contribution in [-0.2, 0) is 4.79 Å². The molecule has 1 fully saturated rings. The first-order valence-electron chi connectivity index (χ1n) is 9.50. The normalized spacial score (nSPS) is 14.5. The Morgan fingerprint density at radius 3 is 2.63 bits per heavy atom. The Bertz CT molecular complexity index is 1220. The third-order valence-electron chi connectivity index (χ3n) is 5.21. The van der Waals surface area contributed by atoms with Crippen molar-refractivity contribution in [1.82, 2.24) is 29.4 Å². The minimum atomic E-state index is -0.546. The van der Waals surface area contributed by atoms with Crippen molar-refractivity contribution in [3.63, 3.8) is 0 Å². The summed E-state index contributed by atoms with van der Waals surface area (Å²) in [4.78, 5) is 32.9. The lowest BCUT2D eigenvalue weighted by Crippen LogP contribution is -2.48. The van der Waals surface area contributed by atoms with Gasteiger partial charge in [0, 0.05) is 38.1 Å². The van der Waals surface area contributed by atoms with Crippen LogP contribution in [0.15, 0.2) is 55.1 Å². The lowest BCUT2D eigenvalue weighted by molar-refractivity contribution is -0.129. The number of fused-ring (bicyclic) bond motifs is 1. The van der Waals surface area contributed by atoms with E-state index in [0.717, 1.165) is 29.0 Å². The molecule has 30 heavy (non-hydrogen) atoms. The summed E-state index contributed by atoms with van der Waals surface area (Å²) in [6, 6.07) is 8.60. The molecule has 0 saturated carbocycles. The Kier molecular flexibility index (Phi) is 4.35. The highest BCUT2D eigenvalue weighted by Gasteiger charge is 2.22. The van der Waals surface area contributed by atoms with Gasteiger partial charge in [-0.05, 0) is 30.3 Å². The summed E-state index contributed by atoms with van der Waals surface area (Å²) in [5.41, 5.74) is 3.02. The second-order valence-corrected chi connectivity index (χ2v) is 7.12. The highest BCUT2D eigenvalue weighted by atomic mass is 19.1. The topological polar surface area (TPSA) is 80.0 Å². The molecule has 0 bridgehead atoms. The highest BCUT2D eigenvalue weighted by molar-refractivity contribution is 5.83. The SMILES string of the molecule is CN1CCN(c2ccc(-c3nc4ccncc4n3-c3ccc(F)nc3)cn2)CC1=O. The molecule has 4 aromatic rings. The number of hydrogen-bond acceptors (Lipinski definition) is 6. The van der Waals surface area contributed by atoms with Crippen LogP contribution < -0.4 is 4.90 Å². The van der Waals surface area contributed by atoms with E-state index in [9.17, 15) is 9.18 Å². The van der Waals surface area contributed by atoms with Crippen molar-refractivity contribution in [2.24, 2.45) is 0 Å². The minimum absolute atomic E-state index is 0.0743. The minimum Gasteiger partial charge on any atom is -0.346 e. The van der Waals surface area contributed by atoms with Crippen LogP contribution in [0.1, 0.15) is 0 Å². The largest absolute Gasteiger partial charge is 0.346 e. The fraction of sp³-hybridized carbons (Fsp3) is 0.190. The van der Waals surface area contributed by atoms with Gasteiger partial charge in [-0.25, -0.2) is 15.0 Å². The van der Waals surface area contributed by atoms with E-state index in [1.807, 2.05) is 27.7 Å². The van der Waals surface area contributed by atoms with Gasteiger partial charge in [-0.1, -0.05) is 0 Å². The van der Waals surface area contributed by atoms with Gasteiger partial charge in [-0.15, -0.1) is 0 Å². The zero-order chi connectivity index (χ0) is 20.7. The third kappa shape index (κ3) is 3.14. The molecule has 150 valence electrons. The summed E-state index contributed by atoms with van der Waals surface area (Å²) in [6.45, 7) is 1.72. The van der Waals surface area contributed by atoms with Crippen LogP contribution in [0.5, 0.6) is 0 Å². The van der Waals surface area contributed by atoms with E-state index in [4.69, 9.17) is 4.98 Å². The molecule has 0 aromatic carbocycles. The van der Waals surface area contributed by atoms with Crippen molar-refractivity contribution < 1.29 is 9.18 Å². The van der Waals surface area contributed by atoms with Crippen molar-refractivity contribution in [1.29, 1.82) is 0 Å². The van der Waals surface area contributed by atoms with Crippen molar-refractivity contribution in [2.45, 2.75) is 0 Å². The fourth-order valence-electron chi connectivity index (χ4n) is 3.54. The van der Waals surface area contributed by atoms with Crippen LogP contribution in [0.25, 0.3) is 28.1 Å². The molecule has 1 aliphatic rings. The number of halogens is 1. The summed E-state index contributed by atoms with van der Waals surface area (Å²) in [5.74, 6) is 0.925. The predicted octanol–water partition coefficient (Wildman–Crippen LogP) is 2.29. The first-order valence-corrected chi connectivity index (χ1v) is 9.50. The highest BCUT2D eigenvalue weighted by Crippen LogP contribution is 2.28. The van der Waals surface area contributed by atoms with Crippen molar-refractivity contribution in [3.8, 4) is 17.1 Å². The number of rotatable bonds is 3. The first kappa shape index (κ1) is 18.2. The van der Waals surface area contributed by atoms with E-state index in [0.29, 0.717) is 24.6 Å². The summed E-state index contributed by atoms with van der Waals surface area (Å²) < 4.78 is 15.2. The third-order valence-corrected chi connectivity index (χ3v) is 5.21. The summed E-state index contributed by atoms with van der Waals surface area (Å²) in [7, 11) is 1.81. The van der Waals surface area contributed by atoms with Gasteiger partial charge in [0.05, 0.1) is 35.7 Å². The van der Waals surface area contributed by atoms with Crippen LogP contribution in [0.3, 0.4) is 0 Å². The summed E-state index contributed by atoms with van der Waals surface area (Å²) >= 11 is 0. The average molecular weight is 403 g/mol. The number of anilines is 1. The van der Waals surface area contributed by atoms with E-state index in [2.05, 4.69) is 15.0 Å². The average Bonchev–Trinajstić information content (AvgIpc) is 3.16. The second-order valence-electron chi connectivity index (χ2n) is 7.12. The number of piperazine rings is 1. The zero-order valence-corrected chi connectivity index (χ0v) is 16.2. The van der Waals surface area contributed by atoms with E-state index >= 15 is 0 Å². The molecule has 9 heteroatoms. The van der Waals surface area contributed by atoms with Gasteiger partial charge in [0.1, 0.15) is 11.6 Å². The quantitative estimate of drug-likeness (QED) is 0.489. The molecule has 0 aliphatic carbocycles. The van der Waals surface area contributed by atoms with Gasteiger partial charge >= 0.3 is 0 Å². The van der Waals surface area contributed by atoms with Crippen molar-refractivity contribution in [3.05, 3.63) is 61.1 Å². The number of carbonyl (C=O) groups excluding carboxylic acids is 1. The van der Waals surface area contributed by atoms with Gasteiger partial charge < -0.3 is 9.80 Å². The Morgan fingerprint density at radius 2 is 1.90 bits per heavy atom. The van der Waals surface area contributed by atoms with Gasteiger partial charge in [-0.3, -0.25) is 14.3 Å². The number of pyridine rings is 3. The van der Waals surface area contributed by atoms with Gasteiger partial charge in [-0.2, -0.15) is 4.39 Å². The molecule has 5 rings (SSSR count). The number of nitrogens with zero attached hydrogens (tertiary/aromatic N) is 7. The predicted molar refractivity (Wildman–Crippen MR) is 110 cm³/mol. The Morgan fingerprint density at radius 1 is 1.00 bits per heavy atom. The number of imidazole rings is 1. The van der Waals surface area contributed by atoms with Crippen LogP contribution in [0, 0.1) is 5.95 Å². The molecule has 1 amide bonds. The maximum absolute atomic E-state index is 13.3. The molecule has 0 atom stereocenters. The number of aromatic nitrogens is 5. The van der Waals surface area contributed by atoms with Gasteiger partial charge in [0.2, 0.25) is 11.9 Å². The molecule has 4 aromatic heterocycles. The monoisotopic (exact) mass is 403 g/mol. The van der Waals surface area contributed by atoms with Crippen LogP contribution in [-0.4, -0.2) is 62.0 Å². The van der Waals surface area contributed by atoms with Crippen molar-refractivity contribution >= 4 is 22.8 Å². The molecule has 0 spiro atoms. The molecule has 0 radical (unpaired) electrons. The van der Waals surface area contributed by atoms with E-state index in [1.54, 1.807) is 36.6 Å². The standard InChI is InChI=1S/C21H18FN7O/c1-27-8-9-28(13-20(27)30)19-5-2-14(10-25-19)21-26-16-6-7-23-12-17(16)29(21)15-3-4-18(22)24-11-15/h2-7,10-12H,8-9,13H2,1H3. The van der Waals surface area contributed by atoms with E-state index < -0.39 is 5.95 Å². The fourth-order valence-corrected chi connectivity index (χ4v) is 3.54. The van der Waals surface area contributed by atoms with Crippen LogP contribution in [0.4, 0.5) is 10.2 Å². The Hall–Kier alpha value is -3.88. The maximum atomic E-state index is 13.3. The maximum Gasteiger partial charge on any atom is 0.241 e.